The molecule has 9 heteroatoms. The van der Waals surface area contributed by atoms with E-state index in [1.807, 2.05) is 19.1 Å². The van der Waals surface area contributed by atoms with Crippen molar-refractivity contribution in [2.75, 3.05) is 52.8 Å². The summed E-state index contributed by atoms with van der Waals surface area (Å²) in [4.78, 5) is 15.1. The zero-order valence-electron chi connectivity index (χ0n) is 18.1. The number of carbonyl (C=O) groups excluding carboxylic acids is 1. The molecule has 2 aliphatic rings. The number of hydrogen-bond acceptors (Lipinski definition) is 6. The molecule has 1 aromatic rings. The van der Waals surface area contributed by atoms with Crippen LogP contribution in [-0.4, -0.2) is 88.4 Å². The fourth-order valence-electron chi connectivity index (χ4n) is 4.44. The molecule has 30 heavy (non-hydrogen) atoms. The second kappa shape index (κ2) is 10.1. The lowest BCUT2D eigenvalue weighted by Crippen LogP contribution is -2.50. The standard InChI is InChI=1S/C21H33N3O5S/c1-16-19(5-4-6-20(16)28-2)21(25)22-10-12-24(17-8-13-29-14-9-17)18-7-11-23(15-18)30(3,26)27/h4-6,17-18H,7-15H2,1-3H3,(H,22,25)/t18-/m0/s1. The van der Waals surface area contributed by atoms with Crippen molar-refractivity contribution < 1.29 is 22.7 Å². The Hall–Kier alpha value is -1.68. The SMILES string of the molecule is COc1cccc(C(=O)NCCN(C2CCOCC2)[C@H]2CCN(S(C)(=O)=O)C2)c1C. The average Bonchev–Trinajstić information content (AvgIpc) is 3.22. The topological polar surface area (TPSA) is 88.2 Å². The second-order valence-corrected chi connectivity index (χ2v) is 10.0. The first-order valence-electron chi connectivity index (χ1n) is 10.5. The highest BCUT2D eigenvalue weighted by atomic mass is 32.2. The number of methoxy groups -OCH3 is 1. The van der Waals surface area contributed by atoms with E-state index >= 15 is 0 Å². The third-order valence-corrected chi connectivity index (χ3v) is 7.40. The molecule has 2 fully saturated rings. The van der Waals surface area contributed by atoms with Crippen LogP contribution < -0.4 is 10.1 Å². The van der Waals surface area contributed by atoms with Gasteiger partial charge in [0.1, 0.15) is 5.75 Å². The maximum atomic E-state index is 12.7. The van der Waals surface area contributed by atoms with Gasteiger partial charge in [-0.2, -0.15) is 0 Å². The van der Waals surface area contributed by atoms with Gasteiger partial charge in [0, 0.05) is 62.6 Å². The third kappa shape index (κ3) is 5.51. The van der Waals surface area contributed by atoms with E-state index in [1.165, 1.54) is 6.26 Å². The van der Waals surface area contributed by atoms with E-state index in [2.05, 4.69) is 10.2 Å². The van der Waals surface area contributed by atoms with Crippen LogP contribution in [0.2, 0.25) is 0 Å². The molecule has 8 nitrogen and oxygen atoms in total. The van der Waals surface area contributed by atoms with Crippen LogP contribution in [0, 0.1) is 6.92 Å². The number of nitrogens with zero attached hydrogens (tertiary/aromatic N) is 2. The second-order valence-electron chi connectivity index (χ2n) is 8.03. The highest BCUT2D eigenvalue weighted by Gasteiger charge is 2.35. The maximum absolute atomic E-state index is 12.7. The van der Waals surface area contributed by atoms with Crippen LogP contribution in [0.15, 0.2) is 18.2 Å². The summed E-state index contributed by atoms with van der Waals surface area (Å²) in [7, 11) is -1.59. The van der Waals surface area contributed by atoms with Gasteiger partial charge in [0.25, 0.3) is 5.91 Å². The normalized spacial score (nSPS) is 21.1. The van der Waals surface area contributed by atoms with Gasteiger partial charge in [-0.25, -0.2) is 12.7 Å². The predicted molar refractivity (Wildman–Crippen MR) is 115 cm³/mol. The molecule has 168 valence electrons. The van der Waals surface area contributed by atoms with Crippen molar-refractivity contribution in [1.82, 2.24) is 14.5 Å². The van der Waals surface area contributed by atoms with Gasteiger partial charge < -0.3 is 14.8 Å². The van der Waals surface area contributed by atoms with Crippen LogP contribution >= 0.6 is 0 Å². The highest BCUT2D eigenvalue weighted by Crippen LogP contribution is 2.24. The minimum absolute atomic E-state index is 0.123. The highest BCUT2D eigenvalue weighted by molar-refractivity contribution is 7.88. The van der Waals surface area contributed by atoms with Gasteiger partial charge in [-0.1, -0.05) is 6.07 Å². The number of carbonyl (C=O) groups is 1. The minimum atomic E-state index is -3.18. The van der Waals surface area contributed by atoms with E-state index < -0.39 is 10.0 Å². The van der Waals surface area contributed by atoms with Crippen LogP contribution in [0.3, 0.4) is 0 Å². The summed E-state index contributed by atoms with van der Waals surface area (Å²) >= 11 is 0. The molecule has 0 saturated carbocycles. The van der Waals surface area contributed by atoms with Crippen LogP contribution in [0.5, 0.6) is 5.75 Å². The van der Waals surface area contributed by atoms with Gasteiger partial charge in [-0.3, -0.25) is 9.69 Å². The zero-order valence-corrected chi connectivity index (χ0v) is 18.9. The Balaban J connectivity index is 1.63. The van der Waals surface area contributed by atoms with Crippen LogP contribution in [0.1, 0.15) is 35.2 Å². The molecule has 0 spiro atoms. The van der Waals surface area contributed by atoms with Gasteiger partial charge in [0.2, 0.25) is 10.0 Å². The molecule has 0 unspecified atom stereocenters. The molecule has 3 rings (SSSR count). The van der Waals surface area contributed by atoms with Crippen molar-refractivity contribution in [1.29, 1.82) is 0 Å². The van der Waals surface area contributed by atoms with Crippen LogP contribution in [-0.2, 0) is 14.8 Å². The predicted octanol–water partition coefficient (Wildman–Crippen LogP) is 1.25. The van der Waals surface area contributed by atoms with E-state index in [0.29, 0.717) is 43.5 Å². The first kappa shape index (κ1) is 23.0. The quantitative estimate of drug-likeness (QED) is 0.656. The maximum Gasteiger partial charge on any atom is 0.251 e. The molecule has 0 bridgehead atoms. The van der Waals surface area contributed by atoms with Gasteiger partial charge in [0.05, 0.1) is 13.4 Å². The monoisotopic (exact) mass is 439 g/mol. The molecule has 1 amide bonds. The van der Waals surface area contributed by atoms with E-state index in [-0.39, 0.29) is 11.9 Å². The molecule has 0 aromatic heterocycles. The number of nitrogens with one attached hydrogen (secondary N) is 1. The van der Waals surface area contributed by atoms with Gasteiger partial charge in [-0.05, 0) is 38.3 Å². The van der Waals surface area contributed by atoms with Gasteiger partial charge in [0.15, 0.2) is 0 Å². The Morgan fingerprint density at radius 2 is 2.00 bits per heavy atom. The smallest absolute Gasteiger partial charge is 0.251 e. The van der Waals surface area contributed by atoms with Crippen molar-refractivity contribution in [3.05, 3.63) is 29.3 Å². The van der Waals surface area contributed by atoms with Crippen molar-refractivity contribution in [2.24, 2.45) is 0 Å². The summed E-state index contributed by atoms with van der Waals surface area (Å²) in [5.41, 5.74) is 1.43. The lowest BCUT2D eigenvalue weighted by atomic mass is 10.0. The molecule has 2 saturated heterocycles. The first-order valence-corrected chi connectivity index (χ1v) is 12.4. The lowest BCUT2D eigenvalue weighted by molar-refractivity contribution is 0.0194. The molecule has 1 N–H and O–H groups in total. The molecule has 1 atom stereocenters. The van der Waals surface area contributed by atoms with Crippen molar-refractivity contribution in [3.8, 4) is 5.75 Å². The summed E-state index contributed by atoms with van der Waals surface area (Å²) in [6.07, 6.45) is 3.94. The minimum Gasteiger partial charge on any atom is -0.496 e. The summed E-state index contributed by atoms with van der Waals surface area (Å²) in [6, 6.07) is 5.96. The Labute approximate surface area is 179 Å². The summed E-state index contributed by atoms with van der Waals surface area (Å²) in [5, 5.41) is 3.03. The number of sulfonamides is 1. The number of ether oxygens (including phenoxy) is 2. The average molecular weight is 440 g/mol. The molecule has 0 radical (unpaired) electrons. The first-order chi connectivity index (χ1) is 14.3. The van der Waals surface area contributed by atoms with E-state index in [1.54, 1.807) is 17.5 Å². The Kier molecular flexibility index (Phi) is 7.73. The number of amides is 1. The lowest BCUT2D eigenvalue weighted by Gasteiger charge is -2.38. The van der Waals surface area contributed by atoms with E-state index in [9.17, 15) is 13.2 Å². The number of hydrogen-bond donors (Lipinski definition) is 1. The fourth-order valence-corrected chi connectivity index (χ4v) is 5.32. The van der Waals surface area contributed by atoms with E-state index in [0.717, 1.165) is 38.0 Å². The zero-order chi connectivity index (χ0) is 21.7. The molecular weight excluding hydrogens is 406 g/mol. The van der Waals surface area contributed by atoms with Crippen molar-refractivity contribution in [3.63, 3.8) is 0 Å². The van der Waals surface area contributed by atoms with Gasteiger partial charge >= 0.3 is 0 Å². The number of rotatable bonds is 8. The van der Waals surface area contributed by atoms with E-state index in [4.69, 9.17) is 9.47 Å². The molecule has 1 aromatic carbocycles. The van der Waals surface area contributed by atoms with Crippen LogP contribution in [0.4, 0.5) is 0 Å². The molecule has 2 aliphatic heterocycles. The summed E-state index contributed by atoms with van der Waals surface area (Å²) in [6.45, 7) is 5.57. The molecule has 2 heterocycles. The Morgan fingerprint density at radius 1 is 1.27 bits per heavy atom. The molecular formula is C21H33N3O5S. The fraction of sp³-hybridized carbons (Fsp3) is 0.667. The largest absolute Gasteiger partial charge is 0.496 e. The van der Waals surface area contributed by atoms with Crippen molar-refractivity contribution in [2.45, 2.75) is 38.3 Å². The summed E-state index contributed by atoms with van der Waals surface area (Å²) in [5.74, 6) is 0.570. The van der Waals surface area contributed by atoms with Crippen molar-refractivity contribution >= 4 is 15.9 Å². The summed E-state index contributed by atoms with van der Waals surface area (Å²) < 4.78 is 36.3. The Morgan fingerprint density at radius 3 is 2.63 bits per heavy atom. The van der Waals surface area contributed by atoms with Gasteiger partial charge in [-0.15, -0.1) is 0 Å². The Bertz CT molecular complexity index is 839. The van der Waals surface area contributed by atoms with Crippen LogP contribution in [0.25, 0.3) is 0 Å². The third-order valence-electron chi connectivity index (χ3n) is 6.13. The molecule has 0 aliphatic carbocycles. The number of benzene rings is 1.